The summed E-state index contributed by atoms with van der Waals surface area (Å²) in [6.45, 7) is 2.93. The third-order valence-electron chi connectivity index (χ3n) is 2.84. The van der Waals surface area contributed by atoms with Gasteiger partial charge >= 0.3 is 0 Å². The minimum Gasteiger partial charge on any atom is -0.339 e. The second-order valence-electron chi connectivity index (χ2n) is 4.18. The molecule has 92 valence electrons. The van der Waals surface area contributed by atoms with Gasteiger partial charge in [-0.1, -0.05) is 5.16 Å². The summed E-state index contributed by atoms with van der Waals surface area (Å²) < 4.78 is 5.07. The maximum absolute atomic E-state index is 12.0. The monoisotopic (exact) mass is 245 g/mol. The van der Waals surface area contributed by atoms with Gasteiger partial charge in [-0.2, -0.15) is 4.98 Å². The van der Waals surface area contributed by atoms with Crippen LogP contribution >= 0.6 is 0 Å². The van der Waals surface area contributed by atoms with Crippen LogP contribution in [0.2, 0.25) is 0 Å². The van der Waals surface area contributed by atoms with Crippen molar-refractivity contribution in [2.45, 2.75) is 12.8 Å². The molecule has 1 aliphatic heterocycles. The summed E-state index contributed by atoms with van der Waals surface area (Å²) in [4.78, 5) is 25.7. The Morgan fingerprint density at radius 2 is 2.28 bits per heavy atom. The van der Waals surface area contributed by atoms with Gasteiger partial charge in [0.1, 0.15) is 5.69 Å². The smallest absolute Gasteiger partial charge is 0.274 e. The Morgan fingerprint density at radius 3 is 2.89 bits per heavy atom. The molecule has 3 heterocycles. The molecule has 0 unspecified atom stereocenters. The molecule has 0 aromatic carbocycles. The highest BCUT2D eigenvalue weighted by molar-refractivity contribution is 5.92. The van der Waals surface area contributed by atoms with Crippen LogP contribution < -0.4 is 0 Å². The number of carbonyl (C=O) groups excluding carboxylic acids is 1. The minimum absolute atomic E-state index is 0.115. The van der Waals surface area contributed by atoms with Gasteiger partial charge in [0.25, 0.3) is 5.91 Å². The Balaban J connectivity index is 1.64. The normalized spacial score (nSPS) is 15.5. The van der Waals surface area contributed by atoms with Crippen molar-refractivity contribution in [3.63, 3.8) is 0 Å². The van der Waals surface area contributed by atoms with Crippen molar-refractivity contribution >= 4 is 5.91 Å². The standard InChI is InChI=1S/C11H11N5O2/c1-7-14-10(18-15-7)8-5-16(6-8)11(17)9-4-12-2-3-13-9/h2-4,8H,5-6H2,1H3. The van der Waals surface area contributed by atoms with Crippen LogP contribution in [0.15, 0.2) is 23.1 Å². The summed E-state index contributed by atoms with van der Waals surface area (Å²) in [5.41, 5.74) is 0.359. The predicted molar refractivity (Wildman–Crippen MR) is 59.7 cm³/mol. The number of aromatic nitrogens is 4. The summed E-state index contributed by atoms with van der Waals surface area (Å²) >= 11 is 0. The van der Waals surface area contributed by atoms with E-state index in [0.717, 1.165) is 0 Å². The van der Waals surface area contributed by atoms with E-state index in [-0.39, 0.29) is 11.8 Å². The molecule has 1 aliphatic rings. The molecule has 0 aliphatic carbocycles. The third kappa shape index (κ3) is 1.83. The van der Waals surface area contributed by atoms with Crippen molar-refractivity contribution in [1.29, 1.82) is 0 Å². The molecule has 7 nitrogen and oxygen atoms in total. The van der Waals surface area contributed by atoms with E-state index in [0.29, 0.717) is 30.5 Å². The lowest BCUT2D eigenvalue weighted by atomic mass is 10.00. The van der Waals surface area contributed by atoms with Crippen molar-refractivity contribution in [2.75, 3.05) is 13.1 Å². The molecule has 2 aromatic heterocycles. The highest BCUT2D eigenvalue weighted by Crippen LogP contribution is 2.26. The fraction of sp³-hybridized carbons (Fsp3) is 0.364. The Bertz CT molecular complexity index is 562. The topological polar surface area (TPSA) is 85.0 Å². The van der Waals surface area contributed by atoms with Crippen LogP contribution in [-0.4, -0.2) is 44.0 Å². The van der Waals surface area contributed by atoms with E-state index in [9.17, 15) is 4.79 Å². The SMILES string of the molecule is Cc1noc(C2CN(C(=O)c3cnccn3)C2)n1. The Morgan fingerprint density at radius 1 is 1.44 bits per heavy atom. The fourth-order valence-electron chi connectivity index (χ4n) is 1.85. The zero-order chi connectivity index (χ0) is 12.5. The lowest BCUT2D eigenvalue weighted by Crippen LogP contribution is -2.48. The van der Waals surface area contributed by atoms with Crippen molar-refractivity contribution in [3.05, 3.63) is 36.0 Å². The minimum atomic E-state index is -0.115. The summed E-state index contributed by atoms with van der Waals surface area (Å²) in [5, 5.41) is 3.74. The highest BCUT2D eigenvalue weighted by atomic mass is 16.5. The second-order valence-corrected chi connectivity index (χ2v) is 4.18. The van der Waals surface area contributed by atoms with Crippen LogP contribution in [0, 0.1) is 6.92 Å². The number of nitrogens with zero attached hydrogens (tertiary/aromatic N) is 5. The van der Waals surface area contributed by atoms with Crippen LogP contribution in [-0.2, 0) is 0 Å². The first-order valence-electron chi connectivity index (χ1n) is 5.59. The molecule has 18 heavy (non-hydrogen) atoms. The van der Waals surface area contributed by atoms with Crippen LogP contribution in [0.3, 0.4) is 0 Å². The molecule has 2 aromatic rings. The van der Waals surface area contributed by atoms with E-state index < -0.39 is 0 Å². The van der Waals surface area contributed by atoms with Crippen LogP contribution in [0.4, 0.5) is 0 Å². The lowest BCUT2D eigenvalue weighted by molar-refractivity contribution is 0.0562. The van der Waals surface area contributed by atoms with Gasteiger partial charge < -0.3 is 9.42 Å². The quantitative estimate of drug-likeness (QED) is 0.761. The number of carbonyl (C=O) groups is 1. The molecule has 0 atom stereocenters. The zero-order valence-corrected chi connectivity index (χ0v) is 9.78. The van der Waals surface area contributed by atoms with Gasteiger partial charge in [0.15, 0.2) is 5.82 Å². The Hall–Kier alpha value is -2.31. The van der Waals surface area contributed by atoms with Crippen LogP contribution in [0.1, 0.15) is 28.1 Å². The number of likely N-dealkylation sites (tertiary alicyclic amines) is 1. The number of amides is 1. The van der Waals surface area contributed by atoms with Gasteiger partial charge in [0.2, 0.25) is 5.89 Å². The molecule has 7 heteroatoms. The van der Waals surface area contributed by atoms with E-state index in [1.807, 2.05) is 0 Å². The second kappa shape index (κ2) is 4.17. The predicted octanol–water partition coefficient (Wildman–Crippen LogP) is 0.408. The number of rotatable bonds is 2. The van der Waals surface area contributed by atoms with Gasteiger partial charge in [-0.3, -0.25) is 9.78 Å². The van der Waals surface area contributed by atoms with Crippen LogP contribution in [0.5, 0.6) is 0 Å². The summed E-state index contributed by atoms with van der Waals surface area (Å²) in [6, 6.07) is 0. The van der Waals surface area contributed by atoms with E-state index in [4.69, 9.17) is 4.52 Å². The molecule has 0 spiro atoms. The van der Waals surface area contributed by atoms with Gasteiger partial charge in [-0.25, -0.2) is 4.98 Å². The summed E-state index contributed by atoms with van der Waals surface area (Å²) in [5.74, 6) is 1.22. The lowest BCUT2D eigenvalue weighted by Gasteiger charge is -2.36. The summed E-state index contributed by atoms with van der Waals surface area (Å²) in [6.07, 6.45) is 4.51. The molecule has 0 saturated carbocycles. The molecule has 0 N–H and O–H groups in total. The number of hydrogen-bond acceptors (Lipinski definition) is 6. The molecular weight excluding hydrogens is 234 g/mol. The number of hydrogen-bond donors (Lipinski definition) is 0. The van der Waals surface area contributed by atoms with Gasteiger partial charge in [-0.15, -0.1) is 0 Å². The van der Waals surface area contributed by atoms with E-state index in [1.54, 1.807) is 11.8 Å². The molecule has 3 rings (SSSR count). The highest BCUT2D eigenvalue weighted by Gasteiger charge is 2.36. The van der Waals surface area contributed by atoms with Crippen molar-refractivity contribution in [2.24, 2.45) is 0 Å². The van der Waals surface area contributed by atoms with E-state index in [2.05, 4.69) is 20.1 Å². The van der Waals surface area contributed by atoms with Crippen molar-refractivity contribution in [3.8, 4) is 0 Å². The third-order valence-corrected chi connectivity index (χ3v) is 2.84. The van der Waals surface area contributed by atoms with Crippen LogP contribution in [0.25, 0.3) is 0 Å². The first-order chi connectivity index (χ1) is 8.74. The van der Waals surface area contributed by atoms with Gasteiger partial charge in [0.05, 0.1) is 12.1 Å². The summed E-state index contributed by atoms with van der Waals surface area (Å²) in [7, 11) is 0. The molecule has 1 amide bonds. The fourth-order valence-corrected chi connectivity index (χ4v) is 1.85. The maximum Gasteiger partial charge on any atom is 0.274 e. The zero-order valence-electron chi connectivity index (χ0n) is 9.78. The number of aryl methyl sites for hydroxylation is 1. The maximum atomic E-state index is 12.0. The molecule has 1 fully saturated rings. The van der Waals surface area contributed by atoms with E-state index >= 15 is 0 Å². The van der Waals surface area contributed by atoms with Crippen molar-refractivity contribution in [1.82, 2.24) is 25.0 Å². The largest absolute Gasteiger partial charge is 0.339 e. The van der Waals surface area contributed by atoms with Gasteiger partial charge in [0, 0.05) is 25.5 Å². The first kappa shape index (κ1) is 10.8. The Kier molecular flexibility index (Phi) is 2.51. The molecular formula is C11H11N5O2. The molecule has 0 radical (unpaired) electrons. The van der Waals surface area contributed by atoms with E-state index in [1.165, 1.54) is 18.6 Å². The first-order valence-corrected chi connectivity index (χ1v) is 5.59. The van der Waals surface area contributed by atoms with Gasteiger partial charge in [-0.05, 0) is 6.92 Å². The van der Waals surface area contributed by atoms with Crippen molar-refractivity contribution < 1.29 is 9.32 Å². The average Bonchev–Trinajstić information content (AvgIpc) is 2.75. The average molecular weight is 245 g/mol. The Labute approximate surface area is 103 Å². The molecule has 0 bridgehead atoms. The molecule has 1 saturated heterocycles.